The van der Waals surface area contributed by atoms with E-state index in [4.69, 9.17) is 16.6 Å². The summed E-state index contributed by atoms with van der Waals surface area (Å²) in [5.41, 5.74) is 2.23. The van der Waals surface area contributed by atoms with Crippen LogP contribution >= 0.6 is 11.6 Å². The summed E-state index contributed by atoms with van der Waals surface area (Å²) in [4.78, 5) is 18.3. The van der Waals surface area contributed by atoms with Crippen molar-refractivity contribution in [2.24, 2.45) is 0 Å². The normalized spacial score (nSPS) is 11.5. The van der Waals surface area contributed by atoms with Gasteiger partial charge < -0.3 is 0 Å². The number of halogens is 1. The second-order valence-corrected chi connectivity index (χ2v) is 7.39. The number of rotatable bonds is 3. The smallest absolute Gasteiger partial charge is 0.266 e. The molecule has 0 fully saturated rings. The highest BCUT2D eigenvalue weighted by Gasteiger charge is 2.13. The fourth-order valence-corrected chi connectivity index (χ4v) is 3.87. The lowest BCUT2D eigenvalue weighted by Crippen LogP contribution is -2.22. The van der Waals surface area contributed by atoms with Crippen molar-refractivity contribution in [2.75, 3.05) is 0 Å². The molecule has 0 amide bonds. The number of hydrogen-bond donors (Lipinski definition) is 0. The minimum absolute atomic E-state index is 0.101. The van der Waals surface area contributed by atoms with Crippen LogP contribution in [0.1, 0.15) is 11.4 Å². The second-order valence-electron chi connectivity index (χ2n) is 6.98. The van der Waals surface area contributed by atoms with Gasteiger partial charge in [-0.05, 0) is 47.4 Å². The van der Waals surface area contributed by atoms with Crippen LogP contribution in [0.25, 0.3) is 39.5 Å². The summed E-state index contributed by atoms with van der Waals surface area (Å²) >= 11 is 6.31. The first-order valence-corrected chi connectivity index (χ1v) is 10.0. The van der Waals surface area contributed by atoms with Crippen molar-refractivity contribution < 1.29 is 0 Å². The molecule has 0 saturated carbocycles. The van der Waals surface area contributed by atoms with Crippen LogP contribution in [0.5, 0.6) is 0 Å². The summed E-state index contributed by atoms with van der Waals surface area (Å²) in [6, 6.07) is 29.0. The maximum atomic E-state index is 13.5. The van der Waals surface area contributed by atoms with Crippen molar-refractivity contribution in [1.82, 2.24) is 9.55 Å². The van der Waals surface area contributed by atoms with Gasteiger partial charge in [0, 0.05) is 10.4 Å². The molecule has 5 aromatic rings. The Kier molecular flexibility index (Phi) is 4.66. The molecule has 3 nitrogen and oxygen atoms in total. The summed E-state index contributed by atoms with van der Waals surface area (Å²) < 4.78 is 1.68. The molecule has 0 saturated heterocycles. The highest BCUT2D eigenvalue weighted by Crippen LogP contribution is 2.24. The standard InChI is InChI=1S/C26H17ClN2O/c27-22-13-5-2-9-19(22)16-17-25-28-23-14-6-4-12-21(23)26(30)29(25)24-15-7-10-18-8-1-3-11-20(18)24/h1-17H/b17-16-. The van der Waals surface area contributed by atoms with Crippen molar-refractivity contribution in [3.63, 3.8) is 0 Å². The van der Waals surface area contributed by atoms with Crippen LogP contribution in [0.4, 0.5) is 0 Å². The van der Waals surface area contributed by atoms with E-state index in [1.807, 2.05) is 103 Å². The molecule has 0 aliphatic rings. The van der Waals surface area contributed by atoms with Gasteiger partial charge in [0.25, 0.3) is 5.56 Å². The number of hydrogen-bond acceptors (Lipinski definition) is 2. The largest absolute Gasteiger partial charge is 0.268 e. The molecule has 0 radical (unpaired) electrons. The molecule has 0 unspecified atom stereocenters. The van der Waals surface area contributed by atoms with E-state index in [0.29, 0.717) is 21.7 Å². The van der Waals surface area contributed by atoms with Crippen LogP contribution in [-0.2, 0) is 0 Å². The van der Waals surface area contributed by atoms with Gasteiger partial charge in [-0.3, -0.25) is 9.36 Å². The zero-order chi connectivity index (χ0) is 20.5. The van der Waals surface area contributed by atoms with Crippen molar-refractivity contribution in [3.05, 3.63) is 118 Å². The van der Waals surface area contributed by atoms with Crippen LogP contribution in [0.3, 0.4) is 0 Å². The number of aromatic nitrogens is 2. The Morgan fingerprint density at radius 1 is 0.733 bits per heavy atom. The molecule has 0 atom stereocenters. The lowest BCUT2D eigenvalue weighted by molar-refractivity contribution is 0.952. The van der Waals surface area contributed by atoms with Crippen molar-refractivity contribution in [3.8, 4) is 5.69 Å². The van der Waals surface area contributed by atoms with Crippen molar-refractivity contribution in [2.45, 2.75) is 0 Å². The summed E-state index contributed by atoms with van der Waals surface area (Å²) in [6.07, 6.45) is 3.73. The minimum atomic E-state index is -0.101. The lowest BCUT2D eigenvalue weighted by Gasteiger charge is -2.14. The first kappa shape index (κ1) is 18.3. The maximum Gasteiger partial charge on any atom is 0.266 e. The number of fused-ring (bicyclic) bond motifs is 2. The molecule has 5 rings (SSSR count). The van der Waals surface area contributed by atoms with Crippen LogP contribution in [0, 0.1) is 0 Å². The summed E-state index contributed by atoms with van der Waals surface area (Å²) in [6.45, 7) is 0. The quantitative estimate of drug-likeness (QED) is 0.348. The molecular formula is C26H17ClN2O. The van der Waals surface area contributed by atoms with Crippen LogP contribution < -0.4 is 5.56 Å². The van der Waals surface area contributed by atoms with E-state index in [1.165, 1.54) is 0 Å². The van der Waals surface area contributed by atoms with Gasteiger partial charge in [0.1, 0.15) is 5.82 Å². The minimum Gasteiger partial charge on any atom is -0.268 e. The van der Waals surface area contributed by atoms with Gasteiger partial charge >= 0.3 is 0 Å². The third kappa shape index (κ3) is 3.19. The molecule has 0 aliphatic carbocycles. The fourth-order valence-electron chi connectivity index (χ4n) is 3.67. The van der Waals surface area contributed by atoms with Crippen LogP contribution in [-0.4, -0.2) is 9.55 Å². The molecule has 4 aromatic carbocycles. The second kappa shape index (κ2) is 7.62. The average Bonchev–Trinajstić information content (AvgIpc) is 2.78. The van der Waals surface area contributed by atoms with Gasteiger partial charge in [-0.15, -0.1) is 0 Å². The molecule has 0 aliphatic heterocycles. The Labute approximate surface area is 178 Å². The summed E-state index contributed by atoms with van der Waals surface area (Å²) in [5, 5.41) is 3.29. The molecule has 1 heterocycles. The number of nitrogens with zero attached hydrogens (tertiary/aromatic N) is 2. The van der Waals surface area contributed by atoms with E-state index in [2.05, 4.69) is 0 Å². The van der Waals surface area contributed by atoms with E-state index in [1.54, 1.807) is 4.57 Å². The van der Waals surface area contributed by atoms with Gasteiger partial charge in [0.2, 0.25) is 0 Å². The highest BCUT2D eigenvalue weighted by atomic mass is 35.5. The third-order valence-corrected chi connectivity index (χ3v) is 5.47. The lowest BCUT2D eigenvalue weighted by atomic mass is 10.1. The van der Waals surface area contributed by atoms with E-state index in [9.17, 15) is 4.79 Å². The van der Waals surface area contributed by atoms with Gasteiger partial charge in [0.15, 0.2) is 0 Å². The predicted octanol–water partition coefficient (Wildman–Crippen LogP) is 6.36. The molecular weight excluding hydrogens is 392 g/mol. The van der Waals surface area contributed by atoms with Gasteiger partial charge in [-0.25, -0.2) is 4.98 Å². The Morgan fingerprint density at radius 2 is 1.43 bits per heavy atom. The van der Waals surface area contributed by atoms with Gasteiger partial charge in [-0.2, -0.15) is 0 Å². The van der Waals surface area contributed by atoms with E-state index in [-0.39, 0.29) is 5.56 Å². The number of para-hydroxylation sites is 1. The topological polar surface area (TPSA) is 34.9 Å². The Morgan fingerprint density at radius 3 is 2.30 bits per heavy atom. The summed E-state index contributed by atoms with van der Waals surface area (Å²) in [7, 11) is 0. The Bertz CT molecular complexity index is 1480. The monoisotopic (exact) mass is 408 g/mol. The Balaban J connectivity index is 1.82. The molecule has 0 bridgehead atoms. The van der Waals surface area contributed by atoms with E-state index < -0.39 is 0 Å². The van der Waals surface area contributed by atoms with Gasteiger partial charge in [0.05, 0.1) is 16.6 Å². The first-order chi connectivity index (χ1) is 14.7. The van der Waals surface area contributed by atoms with Crippen molar-refractivity contribution in [1.29, 1.82) is 0 Å². The zero-order valence-electron chi connectivity index (χ0n) is 16.0. The van der Waals surface area contributed by atoms with Crippen LogP contribution in [0.15, 0.2) is 95.8 Å². The van der Waals surface area contributed by atoms with E-state index in [0.717, 1.165) is 22.0 Å². The molecule has 4 heteroatoms. The zero-order valence-corrected chi connectivity index (χ0v) is 16.8. The SMILES string of the molecule is O=c1c2ccccc2nc(/C=C\c2ccccc2Cl)n1-c1cccc2ccccc12. The first-order valence-electron chi connectivity index (χ1n) is 9.65. The molecule has 144 valence electrons. The Hall–Kier alpha value is -3.69. The highest BCUT2D eigenvalue weighted by molar-refractivity contribution is 6.32. The predicted molar refractivity (Wildman–Crippen MR) is 125 cm³/mol. The third-order valence-electron chi connectivity index (χ3n) is 5.13. The molecule has 1 aromatic heterocycles. The summed E-state index contributed by atoms with van der Waals surface area (Å²) in [5.74, 6) is 0.551. The molecule has 30 heavy (non-hydrogen) atoms. The molecule has 0 N–H and O–H groups in total. The maximum absolute atomic E-state index is 13.5. The average molecular weight is 409 g/mol. The van der Waals surface area contributed by atoms with Gasteiger partial charge in [-0.1, -0.05) is 78.3 Å². The number of benzene rings is 4. The van der Waals surface area contributed by atoms with E-state index >= 15 is 0 Å². The molecule has 0 spiro atoms. The van der Waals surface area contributed by atoms with Crippen LogP contribution in [0.2, 0.25) is 5.02 Å². The van der Waals surface area contributed by atoms with Crippen molar-refractivity contribution >= 4 is 45.4 Å². The fraction of sp³-hybridized carbons (Fsp3) is 0.